The molecule has 25 heavy (non-hydrogen) atoms. The van der Waals surface area contributed by atoms with E-state index in [-0.39, 0.29) is 5.92 Å². The second-order valence-corrected chi connectivity index (χ2v) is 6.25. The average molecular weight is 347 g/mol. The van der Waals surface area contributed by atoms with Crippen LogP contribution in [0.3, 0.4) is 0 Å². The Balaban J connectivity index is 2.43. The molecule has 2 rings (SSSR count). The van der Waals surface area contributed by atoms with Gasteiger partial charge in [0.15, 0.2) is 11.4 Å². The number of carbonyl (C=O) groups is 2. The molecule has 0 aliphatic rings. The maximum atomic E-state index is 12.8. The third kappa shape index (κ3) is 4.10. The van der Waals surface area contributed by atoms with Gasteiger partial charge in [-0.25, -0.2) is 9.78 Å². The number of carboxylic acid groups (broad SMARTS) is 1. The molecule has 2 aromatic heterocycles. The Morgan fingerprint density at radius 2 is 2.08 bits per heavy atom. The Hall–Kier alpha value is -2.57. The minimum atomic E-state index is -1.04. The lowest BCUT2D eigenvalue weighted by Gasteiger charge is -2.16. The van der Waals surface area contributed by atoms with Crippen molar-refractivity contribution in [3.8, 4) is 5.75 Å². The number of aliphatic carboxylic acids is 1. The van der Waals surface area contributed by atoms with E-state index in [2.05, 4.69) is 10.3 Å². The number of hydrogen-bond donors (Lipinski definition) is 2. The van der Waals surface area contributed by atoms with Crippen molar-refractivity contribution in [2.75, 3.05) is 6.61 Å². The molecule has 2 N–H and O–H groups in total. The zero-order valence-corrected chi connectivity index (χ0v) is 15.1. The summed E-state index contributed by atoms with van der Waals surface area (Å²) in [6.45, 7) is 8.11. The number of carbonyl (C=O) groups excluding carboxylic acids is 1. The van der Waals surface area contributed by atoms with Crippen molar-refractivity contribution >= 4 is 17.5 Å². The molecule has 1 atom stereocenters. The molecule has 0 aromatic carbocycles. The summed E-state index contributed by atoms with van der Waals surface area (Å²) in [7, 11) is 0. The van der Waals surface area contributed by atoms with Crippen LogP contribution in [0.2, 0.25) is 0 Å². The number of ether oxygens (including phenoxy) is 1. The topological polar surface area (TPSA) is 92.9 Å². The van der Waals surface area contributed by atoms with E-state index >= 15 is 0 Å². The quantitative estimate of drug-likeness (QED) is 0.765. The van der Waals surface area contributed by atoms with E-state index < -0.39 is 17.9 Å². The summed E-state index contributed by atoms with van der Waals surface area (Å²) in [4.78, 5) is 28.7. The summed E-state index contributed by atoms with van der Waals surface area (Å²) >= 11 is 0. The molecule has 2 aromatic rings. The second kappa shape index (κ2) is 8.00. The summed E-state index contributed by atoms with van der Waals surface area (Å²) in [6, 6.07) is 2.64. The number of nitrogens with one attached hydrogen (secondary N) is 1. The Bertz CT molecular complexity index is 767. The highest BCUT2D eigenvalue weighted by Gasteiger charge is 2.26. The fourth-order valence-corrected chi connectivity index (χ4v) is 2.76. The lowest BCUT2D eigenvalue weighted by molar-refractivity contribution is -0.139. The fraction of sp³-hybridized carbons (Fsp3) is 0.500. The first-order valence-corrected chi connectivity index (χ1v) is 8.55. The van der Waals surface area contributed by atoms with E-state index in [4.69, 9.17) is 4.74 Å². The Morgan fingerprint density at radius 1 is 1.36 bits per heavy atom. The molecule has 0 saturated heterocycles. The number of amides is 1. The van der Waals surface area contributed by atoms with Gasteiger partial charge in [-0.1, -0.05) is 20.8 Å². The number of fused-ring (bicyclic) bond motifs is 1. The van der Waals surface area contributed by atoms with Crippen LogP contribution in [0.4, 0.5) is 0 Å². The van der Waals surface area contributed by atoms with Crippen LogP contribution in [0.25, 0.3) is 5.65 Å². The molecule has 7 heteroatoms. The van der Waals surface area contributed by atoms with Crippen molar-refractivity contribution in [2.24, 2.45) is 5.92 Å². The standard InChI is InChI=1S/C18H25N3O4/c1-5-12-15(17(22)20-13(18(23)24)10-11(3)4)21-9-7-8-14(25-6-2)16(21)19-12/h7-9,11,13H,5-6,10H2,1-4H3,(H,20,22)(H,23,24). The number of aryl methyl sites for hydroxylation is 1. The van der Waals surface area contributed by atoms with Gasteiger partial charge in [-0.2, -0.15) is 0 Å². The van der Waals surface area contributed by atoms with Crippen LogP contribution in [0, 0.1) is 5.92 Å². The van der Waals surface area contributed by atoms with Crippen molar-refractivity contribution in [3.63, 3.8) is 0 Å². The molecule has 0 spiro atoms. The second-order valence-electron chi connectivity index (χ2n) is 6.25. The lowest BCUT2D eigenvalue weighted by atomic mass is 10.0. The highest BCUT2D eigenvalue weighted by Crippen LogP contribution is 2.23. The van der Waals surface area contributed by atoms with E-state index in [1.807, 2.05) is 27.7 Å². The van der Waals surface area contributed by atoms with Gasteiger partial charge in [-0.15, -0.1) is 0 Å². The first-order valence-electron chi connectivity index (χ1n) is 8.55. The molecule has 7 nitrogen and oxygen atoms in total. The number of hydrogen-bond acceptors (Lipinski definition) is 4. The zero-order valence-electron chi connectivity index (χ0n) is 15.1. The molecule has 0 aliphatic heterocycles. The van der Waals surface area contributed by atoms with E-state index in [0.717, 1.165) is 0 Å². The molecule has 0 radical (unpaired) electrons. The van der Waals surface area contributed by atoms with Crippen molar-refractivity contribution in [1.82, 2.24) is 14.7 Å². The molecule has 136 valence electrons. The third-order valence-electron chi connectivity index (χ3n) is 3.85. The first-order chi connectivity index (χ1) is 11.9. The van der Waals surface area contributed by atoms with Gasteiger partial charge in [0.2, 0.25) is 0 Å². The smallest absolute Gasteiger partial charge is 0.326 e. The van der Waals surface area contributed by atoms with Gasteiger partial charge in [-0.3, -0.25) is 9.20 Å². The van der Waals surface area contributed by atoms with Gasteiger partial charge >= 0.3 is 5.97 Å². The minimum Gasteiger partial charge on any atom is -0.490 e. The Morgan fingerprint density at radius 3 is 2.64 bits per heavy atom. The predicted octanol–water partition coefficient (Wildman–Crippen LogP) is 2.52. The largest absolute Gasteiger partial charge is 0.490 e. The molecule has 2 heterocycles. The van der Waals surface area contributed by atoms with Crippen LogP contribution >= 0.6 is 0 Å². The number of pyridine rings is 1. The van der Waals surface area contributed by atoms with Gasteiger partial charge in [0, 0.05) is 6.20 Å². The highest BCUT2D eigenvalue weighted by molar-refractivity contribution is 5.97. The Labute approximate surface area is 147 Å². The van der Waals surface area contributed by atoms with Gasteiger partial charge in [0.05, 0.1) is 12.3 Å². The third-order valence-corrected chi connectivity index (χ3v) is 3.85. The van der Waals surface area contributed by atoms with Crippen LogP contribution in [0.1, 0.15) is 50.3 Å². The minimum absolute atomic E-state index is 0.152. The van der Waals surface area contributed by atoms with Gasteiger partial charge in [0.1, 0.15) is 11.7 Å². The number of nitrogens with zero attached hydrogens (tertiary/aromatic N) is 2. The highest BCUT2D eigenvalue weighted by atomic mass is 16.5. The van der Waals surface area contributed by atoms with Gasteiger partial charge in [-0.05, 0) is 37.8 Å². The van der Waals surface area contributed by atoms with E-state index in [0.29, 0.717) is 42.2 Å². The van der Waals surface area contributed by atoms with Crippen LogP contribution in [-0.4, -0.2) is 39.0 Å². The zero-order chi connectivity index (χ0) is 18.6. The van der Waals surface area contributed by atoms with Crippen LogP contribution in [0.15, 0.2) is 18.3 Å². The summed E-state index contributed by atoms with van der Waals surface area (Å²) in [6.07, 6.45) is 2.65. The van der Waals surface area contributed by atoms with Crippen LogP contribution < -0.4 is 10.1 Å². The van der Waals surface area contributed by atoms with Crippen molar-refractivity contribution in [1.29, 1.82) is 0 Å². The average Bonchev–Trinajstić information content (AvgIpc) is 2.93. The number of aromatic nitrogens is 2. The van der Waals surface area contributed by atoms with Crippen LogP contribution in [0.5, 0.6) is 5.75 Å². The van der Waals surface area contributed by atoms with Crippen molar-refractivity contribution < 1.29 is 19.4 Å². The number of imidazole rings is 1. The molecule has 0 saturated carbocycles. The van der Waals surface area contributed by atoms with Gasteiger partial charge in [0.25, 0.3) is 5.91 Å². The molecule has 0 bridgehead atoms. The molecular formula is C18H25N3O4. The maximum absolute atomic E-state index is 12.8. The van der Waals surface area contributed by atoms with E-state index in [9.17, 15) is 14.7 Å². The van der Waals surface area contributed by atoms with E-state index in [1.165, 1.54) is 0 Å². The Kier molecular flexibility index (Phi) is 6.01. The van der Waals surface area contributed by atoms with Crippen molar-refractivity contribution in [2.45, 2.75) is 46.6 Å². The summed E-state index contributed by atoms with van der Waals surface area (Å²) < 4.78 is 7.23. The molecular weight excluding hydrogens is 322 g/mol. The normalized spacial score (nSPS) is 12.4. The summed E-state index contributed by atoms with van der Waals surface area (Å²) in [5.74, 6) is -0.732. The maximum Gasteiger partial charge on any atom is 0.326 e. The SMILES string of the molecule is CCOc1cccn2c(C(=O)NC(CC(C)C)C(=O)O)c(CC)nc12. The van der Waals surface area contributed by atoms with Gasteiger partial charge < -0.3 is 15.2 Å². The first kappa shape index (κ1) is 18.8. The fourth-order valence-electron chi connectivity index (χ4n) is 2.76. The number of rotatable bonds is 8. The molecule has 1 unspecified atom stereocenters. The molecule has 0 aliphatic carbocycles. The monoisotopic (exact) mass is 347 g/mol. The summed E-state index contributed by atoms with van der Waals surface area (Å²) in [5, 5.41) is 12.0. The molecule has 1 amide bonds. The van der Waals surface area contributed by atoms with Crippen molar-refractivity contribution in [3.05, 3.63) is 29.7 Å². The predicted molar refractivity (Wildman–Crippen MR) is 94.1 cm³/mol. The lowest BCUT2D eigenvalue weighted by Crippen LogP contribution is -2.42. The number of carboxylic acids is 1. The molecule has 0 fully saturated rings. The summed E-state index contributed by atoms with van der Waals surface area (Å²) in [5.41, 5.74) is 1.52. The van der Waals surface area contributed by atoms with Crippen LogP contribution in [-0.2, 0) is 11.2 Å². The van der Waals surface area contributed by atoms with E-state index in [1.54, 1.807) is 22.7 Å².